The van der Waals surface area contributed by atoms with Gasteiger partial charge in [-0.05, 0) is 60.6 Å². The van der Waals surface area contributed by atoms with Crippen molar-refractivity contribution in [2.45, 2.75) is 33.2 Å². The van der Waals surface area contributed by atoms with Crippen molar-refractivity contribution in [1.29, 1.82) is 0 Å². The van der Waals surface area contributed by atoms with Crippen molar-refractivity contribution >= 4 is 40.6 Å². The van der Waals surface area contributed by atoms with E-state index in [-0.39, 0.29) is 16.3 Å². The van der Waals surface area contributed by atoms with E-state index in [0.29, 0.717) is 41.8 Å². The molecule has 1 aromatic heterocycles. The van der Waals surface area contributed by atoms with Gasteiger partial charge in [0.1, 0.15) is 22.4 Å². The van der Waals surface area contributed by atoms with Crippen LogP contribution >= 0.6 is 11.5 Å². The Hall–Kier alpha value is -4.12. The maximum absolute atomic E-state index is 14.1. The predicted molar refractivity (Wildman–Crippen MR) is 148 cm³/mol. The quantitative estimate of drug-likeness (QED) is 0.317. The van der Waals surface area contributed by atoms with Crippen LogP contribution in [0.5, 0.6) is 11.5 Å². The summed E-state index contributed by atoms with van der Waals surface area (Å²) in [6.07, 6.45) is 0.758. The Bertz CT molecular complexity index is 1280. The van der Waals surface area contributed by atoms with Crippen molar-refractivity contribution in [1.82, 2.24) is 9.69 Å². The number of para-hydroxylation sites is 2. The lowest BCUT2D eigenvalue weighted by molar-refractivity contribution is -0.122. The molecule has 10 nitrogen and oxygen atoms in total. The highest BCUT2D eigenvalue weighted by molar-refractivity contribution is 7.09. The molecule has 0 bridgehead atoms. The zero-order valence-corrected chi connectivity index (χ0v) is 22.7. The van der Waals surface area contributed by atoms with Gasteiger partial charge in [-0.3, -0.25) is 19.3 Å². The molecule has 3 amide bonds. The molecule has 1 atom stereocenters. The van der Waals surface area contributed by atoms with Gasteiger partial charge in [-0.2, -0.15) is 4.37 Å². The summed E-state index contributed by atoms with van der Waals surface area (Å²) < 4.78 is 15.1. The summed E-state index contributed by atoms with van der Waals surface area (Å²) in [7, 11) is 1.47. The Balaban J connectivity index is 2.20. The monoisotopic (exact) mass is 539 g/mol. The van der Waals surface area contributed by atoms with Crippen molar-refractivity contribution in [2.24, 2.45) is 11.7 Å². The maximum Gasteiger partial charge on any atom is 0.273 e. The number of nitrogens with zero attached hydrogens (tertiary/aromatic N) is 2. The fraction of sp³-hybridized carbons (Fsp3) is 0.333. The minimum atomic E-state index is -1.11. The van der Waals surface area contributed by atoms with Crippen LogP contribution in [0.1, 0.15) is 59.0 Å². The highest BCUT2D eigenvalue weighted by Crippen LogP contribution is 2.38. The van der Waals surface area contributed by atoms with Crippen molar-refractivity contribution in [3.63, 3.8) is 0 Å². The van der Waals surface area contributed by atoms with E-state index in [1.165, 1.54) is 12.0 Å². The van der Waals surface area contributed by atoms with Crippen molar-refractivity contribution in [3.8, 4) is 11.5 Å². The molecule has 202 valence electrons. The largest absolute Gasteiger partial charge is 0.495 e. The van der Waals surface area contributed by atoms with Crippen LogP contribution in [0.4, 0.5) is 11.4 Å². The summed E-state index contributed by atoms with van der Waals surface area (Å²) in [6, 6.07) is 12.7. The summed E-state index contributed by atoms with van der Waals surface area (Å²) in [6.45, 7) is 6.90. The molecule has 0 spiro atoms. The van der Waals surface area contributed by atoms with Crippen molar-refractivity contribution in [3.05, 3.63) is 64.7 Å². The summed E-state index contributed by atoms with van der Waals surface area (Å²) in [5.74, 6) is -0.512. The molecule has 0 fully saturated rings. The van der Waals surface area contributed by atoms with Crippen LogP contribution in [0.2, 0.25) is 0 Å². The molecular weight excluding hydrogens is 506 g/mol. The van der Waals surface area contributed by atoms with E-state index >= 15 is 0 Å². The van der Waals surface area contributed by atoms with Crippen molar-refractivity contribution < 1.29 is 23.9 Å². The van der Waals surface area contributed by atoms with E-state index in [0.717, 1.165) is 18.0 Å². The standard InChI is InChI=1S/C27H33N5O5S/c1-5-37-18-12-10-17(11-13-18)23(26(34)30-15-14-16(2)3)32(19-8-6-7-9-20(19)36-4)27(35)24-21(28)22(25(29)33)31-38-24/h6-13,16,23H,5,14-15,28H2,1-4H3,(H2,29,33)(H,30,34)/t23-/m0/s1. The number of benzene rings is 2. The lowest BCUT2D eigenvalue weighted by Crippen LogP contribution is -2.44. The van der Waals surface area contributed by atoms with E-state index in [9.17, 15) is 14.4 Å². The maximum atomic E-state index is 14.1. The first-order valence-electron chi connectivity index (χ1n) is 12.2. The van der Waals surface area contributed by atoms with Gasteiger partial charge in [0.25, 0.3) is 11.8 Å². The number of nitrogen functional groups attached to an aromatic ring is 1. The highest BCUT2D eigenvalue weighted by Gasteiger charge is 2.37. The van der Waals surface area contributed by atoms with Crippen LogP contribution in [-0.4, -0.2) is 42.4 Å². The topological polar surface area (TPSA) is 150 Å². The average Bonchev–Trinajstić information content (AvgIpc) is 3.29. The lowest BCUT2D eigenvalue weighted by Gasteiger charge is -2.32. The number of primary amides is 1. The molecule has 3 aromatic rings. The van der Waals surface area contributed by atoms with Gasteiger partial charge in [0.15, 0.2) is 5.69 Å². The molecule has 2 aromatic carbocycles. The number of nitrogens with two attached hydrogens (primary N) is 2. The van der Waals surface area contributed by atoms with E-state index in [2.05, 4.69) is 23.5 Å². The zero-order valence-electron chi connectivity index (χ0n) is 21.9. The number of nitrogens with one attached hydrogen (secondary N) is 1. The summed E-state index contributed by atoms with van der Waals surface area (Å²) >= 11 is 0.745. The SMILES string of the molecule is CCOc1ccc([C@@H](C(=O)NCCC(C)C)N(C(=O)c2snc(C(N)=O)c2N)c2ccccc2OC)cc1. The Labute approximate surface area is 226 Å². The van der Waals surface area contributed by atoms with Gasteiger partial charge in [0, 0.05) is 6.54 Å². The van der Waals surface area contributed by atoms with Gasteiger partial charge in [-0.1, -0.05) is 38.1 Å². The summed E-state index contributed by atoms with van der Waals surface area (Å²) in [5, 5.41) is 2.96. The van der Waals surface area contributed by atoms with E-state index in [1.807, 2.05) is 6.92 Å². The second-order valence-corrected chi connectivity index (χ2v) is 9.64. The van der Waals surface area contributed by atoms with Crippen LogP contribution in [0.15, 0.2) is 48.5 Å². The highest BCUT2D eigenvalue weighted by atomic mass is 32.1. The predicted octanol–water partition coefficient (Wildman–Crippen LogP) is 3.78. The molecule has 0 aliphatic heterocycles. The minimum absolute atomic E-state index is 0.0179. The van der Waals surface area contributed by atoms with E-state index in [1.54, 1.807) is 48.5 Å². The minimum Gasteiger partial charge on any atom is -0.495 e. The first-order chi connectivity index (χ1) is 18.2. The number of methoxy groups -OCH3 is 1. The molecule has 0 unspecified atom stereocenters. The van der Waals surface area contributed by atoms with Gasteiger partial charge in [0.05, 0.1) is 25.1 Å². The third kappa shape index (κ3) is 6.41. The van der Waals surface area contributed by atoms with Crippen LogP contribution in [0, 0.1) is 5.92 Å². The number of hydrogen-bond acceptors (Lipinski definition) is 8. The second kappa shape index (κ2) is 12.9. The Morgan fingerprint density at radius 1 is 1.11 bits per heavy atom. The number of amides is 3. The van der Waals surface area contributed by atoms with Crippen LogP contribution < -0.4 is 31.2 Å². The molecule has 0 aliphatic carbocycles. The smallest absolute Gasteiger partial charge is 0.273 e. The summed E-state index contributed by atoms with van der Waals surface area (Å²) in [5.41, 5.74) is 12.0. The van der Waals surface area contributed by atoms with Gasteiger partial charge in [-0.25, -0.2) is 0 Å². The lowest BCUT2D eigenvalue weighted by atomic mass is 10.0. The fourth-order valence-corrected chi connectivity index (χ4v) is 4.59. The number of rotatable bonds is 12. The second-order valence-electron chi connectivity index (χ2n) is 8.86. The third-order valence-electron chi connectivity index (χ3n) is 5.75. The summed E-state index contributed by atoms with van der Waals surface area (Å²) in [4.78, 5) is 41.0. The molecular formula is C27H33N5O5S. The molecule has 0 saturated heterocycles. The third-order valence-corrected chi connectivity index (χ3v) is 6.60. The van der Waals surface area contributed by atoms with Crippen LogP contribution in [-0.2, 0) is 4.79 Å². The van der Waals surface area contributed by atoms with Gasteiger partial charge < -0.3 is 26.3 Å². The number of carbonyl (C=O) groups is 3. The van der Waals surface area contributed by atoms with Crippen LogP contribution in [0.25, 0.3) is 0 Å². The molecule has 11 heteroatoms. The van der Waals surface area contributed by atoms with Gasteiger partial charge >= 0.3 is 0 Å². The molecule has 38 heavy (non-hydrogen) atoms. The van der Waals surface area contributed by atoms with E-state index < -0.39 is 23.8 Å². The average molecular weight is 540 g/mol. The van der Waals surface area contributed by atoms with Crippen LogP contribution in [0.3, 0.4) is 0 Å². The number of aromatic nitrogens is 1. The molecule has 1 heterocycles. The molecule has 0 radical (unpaired) electrons. The zero-order chi connectivity index (χ0) is 27.8. The number of hydrogen-bond donors (Lipinski definition) is 3. The number of anilines is 2. The van der Waals surface area contributed by atoms with Crippen molar-refractivity contribution in [2.75, 3.05) is 30.9 Å². The normalized spacial score (nSPS) is 11.6. The van der Waals surface area contributed by atoms with Gasteiger partial charge in [0.2, 0.25) is 5.91 Å². The Kier molecular flexibility index (Phi) is 9.66. The molecule has 3 rings (SSSR count). The number of ether oxygens (including phenoxy) is 2. The Morgan fingerprint density at radius 3 is 2.37 bits per heavy atom. The molecule has 0 aliphatic rings. The molecule has 0 saturated carbocycles. The van der Waals surface area contributed by atoms with E-state index in [4.69, 9.17) is 20.9 Å². The first-order valence-corrected chi connectivity index (χ1v) is 13.0. The first kappa shape index (κ1) is 28.5. The molecule has 5 N–H and O–H groups in total. The number of carbonyl (C=O) groups excluding carboxylic acids is 3. The Morgan fingerprint density at radius 2 is 1.79 bits per heavy atom. The van der Waals surface area contributed by atoms with Gasteiger partial charge in [-0.15, -0.1) is 0 Å². The fourth-order valence-electron chi connectivity index (χ4n) is 3.84.